The molecule has 4 atom stereocenters. The SMILES string of the molecule is C#C[C@@]1(n2cc(-c3ccccc3)c(=O)[nH]c2=O)O[C@H](CO)[C@@H](O)[C@H]1O. The van der Waals surface area contributed by atoms with Gasteiger partial charge in [-0.15, -0.1) is 6.42 Å². The molecule has 8 heteroatoms. The Balaban J connectivity index is 2.22. The predicted molar refractivity (Wildman–Crippen MR) is 87.5 cm³/mol. The molecule has 0 amide bonds. The Labute approximate surface area is 142 Å². The zero-order valence-corrected chi connectivity index (χ0v) is 13.0. The topological polar surface area (TPSA) is 125 Å². The van der Waals surface area contributed by atoms with Crippen LogP contribution in [0, 0.1) is 12.3 Å². The maximum atomic E-state index is 12.3. The number of benzene rings is 1. The van der Waals surface area contributed by atoms with Gasteiger partial charge in [0.2, 0.25) is 5.72 Å². The van der Waals surface area contributed by atoms with E-state index in [9.17, 15) is 24.9 Å². The lowest BCUT2D eigenvalue weighted by atomic mass is 10.0. The minimum Gasteiger partial charge on any atom is -0.394 e. The molecule has 1 aliphatic heterocycles. The number of aliphatic hydroxyl groups is 3. The number of aromatic amines is 1. The van der Waals surface area contributed by atoms with Crippen molar-refractivity contribution in [1.29, 1.82) is 0 Å². The summed E-state index contributed by atoms with van der Waals surface area (Å²) in [5.41, 5.74) is -2.94. The van der Waals surface area contributed by atoms with E-state index in [4.69, 9.17) is 11.2 Å². The molecule has 130 valence electrons. The summed E-state index contributed by atoms with van der Waals surface area (Å²) < 4.78 is 6.27. The number of rotatable bonds is 3. The van der Waals surface area contributed by atoms with Crippen molar-refractivity contribution in [3.05, 3.63) is 57.4 Å². The van der Waals surface area contributed by atoms with Gasteiger partial charge in [0.1, 0.15) is 18.3 Å². The smallest absolute Gasteiger partial charge is 0.331 e. The van der Waals surface area contributed by atoms with E-state index in [-0.39, 0.29) is 5.56 Å². The molecule has 0 radical (unpaired) electrons. The zero-order valence-electron chi connectivity index (χ0n) is 13.0. The quantitative estimate of drug-likeness (QED) is 0.508. The van der Waals surface area contributed by atoms with Gasteiger partial charge in [0, 0.05) is 6.20 Å². The van der Waals surface area contributed by atoms with Crippen LogP contribution in [-0.4, -0.2) is 49.8 Å². The van der Waals surface area contributed by atoms with Crippen LogP contribution in [0.2, 0.25) is 0 Å². The number of aliphatic hydroxyl groups excluding tert-OH is 3. The second-order valence-corrected chi connectivity index (χ2v) is 5.65. The molecule has 2 aromatic rings. The highest BCUT2D eigenvalue weighted by atomic mass is 16.6. The monoisotopic (exact) mass is 344 g/mol. The summed E-state index contributed by atoms with van der Waals surface area (Å²) in [4.78, 5) is 26.6. The van der Waals surface area contributed by atoms with E-state index in [1.165, 1.54) is 6.20 Å². The van der Waals surface area contributed by atoms with Crippen molar-refractivity contribution in [2.24, 2.45) is 0 Å². The van der Waals surface area contributed by atoms with Crippen molar-refractivity contribution in [3.8, 4) is 23.5 Å². The Morgan fingerprint density at radius 3 is 2.52 bits per heavy atom. The molecule has 8 nitrogen and oxygen atoms in total. The van der Waals surface area contributed by atoms with E-state index in [2.05, 4.69) is 10.9 Å². The fraction of sp³-hybridized carbons (Fsp3) is 0.294. The van der Waals surface area contributed by atoms with Gasteiger partial charge in [-0.05, 0) is 11.5 Å². The molecule has 0 aliphatic carbocycles. The molecule has 1 fully saturated rings. The largest absolute Gasteiger partial charge is 0.394 e. The van der Waals surface area contributed by atoms with Gasteiger partial charge in [-0.2, -0.15) is 0 Å². The third-order valence-corrected chi connectivity index (χ3v) is 4.21. The van der Waals surface area contributed by atoms with Crippen molar-refractivity contribution in [3.63, 3.8) is 0 Å². The average molecular weight is 344 g/mol. The summed E-state index contributed by atoms with van der Waals surface area (Å²) in [5.74, 6) is 2.17. The maximum Gasteiger partial charge on any atom is 0.331 e. The number of H-pyrrole nitrogens is 1. The molecule has 1 aliphatic rings. The van der Waals surface area contributed by atoms with Gasteiger partial charge in [0.25, 0.3) is 5.56 Å². The molecule has 0 saturated carbocycles. The third kappa shape index (κ3) is 2.59. The Bertz CT molecular complexity index is 929. The number of hydrogen-bond donors (Lipinski definition) is 4. The number of terminal acetylenes is 1. The molecule has 0 unspecified atom stereocenters. The molecule has 1 aromatic heterocycles. The first kappa shape index (κ1) is 17.1. The van der Waals surface area contributed by atoms with Gasteiger partial charge in [-0.1, -0.05) is 30.3 Å². The highest BCUT2D eigenvalue weighted by Crippen LogP contribution is 2.34. The summed E-state index contributed by atoms with van der Waals surface area (Å²) >= 11 is 0. The molecular formula is C17H16N2O6. The van der Waals surface area contributed by atoms with Crippen LogP contribution >= 0.6 is 0 Å². The molecule has 0 bridgehead atoms. The first-order valence-electron chi connectivity index (χ1n) is 7.49. The minimum absolute atomic E-state index is 0.132. The van der Waals surface area contributed by atoms with E-state index in [1.54, 1.807) is 30.3 Å². The highest BCUT2D eigenvalue weighted by molar-refractivity contribution is 5.61. The van der Waals surface area contributed by atoms with Crippen LogP contribution in [0.15, 0.2) is 46.1 Å². The number of nitrogens with zero attached hydrogens (tertiary/aromatic N) is 1. The Hall–Kier alpha value is -2.70. The van der Waals surface area contributed by atoms with E-state index in [1.807, 2.05) is 0 Å². The van der Waals surface area contributed by atoms with E-state index in [0.717, 1.165) is 4.57 Å². The highest BCUT2D eigenvalue weighted by Gasteiger charge is 2.55. The zero-order chi connectivity index (χ0) is 18.2. The lowest BCUT2D eigenvalue weighted by molar-refractivity contribution is -0.107. The minimum atomic E-state index is -2.06. The lowest BCUT2D eigenvalue weighted by Gasteiger charge is -2.28. The summed E-state index contributed by atoms with van der Waals surface area (Å²) in [6.45, 7) is -0.606. The van der Waals surface area contributed by atoms with Crippen LogP contribution in [0.3, 0.4) is 0 Å². The Kier molecular flexibility index (Phi) is 4.32. The Morgan fingerprint density at radius 2 is 1.96 bits per heavy atom. The first-order valence-corrected chi connectivity index (χ1v) is 7.49. The summed E-state index contributed by atoms with van der Waals surface area (Å²) in [5, 5.41) is 29.6. The van der Waals surface area contributed by atoms with E-state index >= 15 is 0 Å². The average Bonchev–Trinajstić information content (AvgIpc) is 2.88. The fourth-order valence-corrected chi connectivity index (χ4v) is 2.88. The van der Waals surface area contributed by atoms with Gasteiger partial charge in [-0.25, -0.2) is 4.79 Å². The number of hydrogen-bond acceptors (Lipinski definition) is 6. The molecular weight excluding hydrogens is 328 g/mol. The number of nitrogens with one attached hydrogen (secondary N) is 1. The normalized spacial score (nSPS) is 28.6. The second kappa shape index (κ2) is 6.31. The molecule has 0 spiro atoms. The third-order valence-electron chi connectivity index (χ3n) is 4.21. The van der Waals surface area contributed by atoms with Crippen molar-refractivity contribution in [1.82, 2.24) is 9.55 Å². The van der Waals surface area contributed by atoms with Gasteiger partial charge < -0.3 is 20.1 Å². The van der Waals surface area contributed by atoms with E-state index < -0.39 is 41.9 Å². The molecule has 25 heavy (non-hydrogen) atoms. The van der Waals surface area contributed by atoms with Crippen LogP contribution in [0.4, 0.5) is 0 Å². The fourth-order valence-electron chi connectivity index (χ4n) is 2.88. The number of ether oxygens (including phenoxy) is 1. The summed E-state index contributed by atoms with van der Waals surface area (Å²) in [6, 6.07) is 8.53. The van der Waals surface area contributed by atoms with Crippen molar-refractivity contribution < 1.29 is 20.1 Å². The van der Waals surface area contributed by atoms with Crippen LogP contribution in [-0.2, 0) is 10.5 Å². The van der Waals surface area contributed by atoms with Crippen molar-refractivity contribution >= 4 is 0 Å². The van der Waals surface area contributed by atoms with Crippen LogP contribution in [0.5, 0.6) is 0 Å². The molecule has 2 heterocycles. The summed E-state index contributed by atoms with van der Waals surface area (Å²) in [6.07, 6.45) is 2.30. The number of aromatic nitrogens is 2. The van der Waals surface area contributed by atoms with Crippen molar-refractivity contribution in [2.75, 3.05) is 6.61 Å². The van der Waals surface area contributed by atoms with Crippen LogP contribution in [0.25, 0.3) is 11.1 Å². The van der Waals surface area contributed by atoms with Crippen molar-refractivity contribution in [2.45, 2.75) is 24.0 Å². The van der Waals surface area contributed by atoms with Crippen LogP contribution < -0.4 is 11.2 Å². The molecule has 1 saturated heterocycles. The Morgan fingerprint density at radius 1 is 1.28 bits per heavy atom. The molecule has 4 N–H and O–H groups in total. The van der Waals surface area contributed by atoms with Crippen LogP contribution in [0.1, 0.15) is 0 Å². The standard InChI is InChI=1S/C17H16N2O6/c1-2-17(14(22)13(21)12(9-20)25-17)19-8-11(15(23)18-16(19)24)10-6-4-3-5-7-10/h1,3-8,12-14,20-22H,9H2,(H,18,23,24)/t12-,13-,14-,17-/m1/s1. The van der Waals surface area contributed by atoms with E-state index in [0.29, 0.717) is 5.56 Å². The summed E-state index contributed by atoms with van der Waals surface area (Å²) in [7, 11) is 0. The maximum absolute atomic E-state index is 12.3. The molecule has 3 rings (SSSR count). The van der Waals surface area contributed by atoms with Gasteiger partial charge in [0.15, 0.2) is 0 Å². The second-order valence-electron chi connectivity index (χ2n) is 5.65. The predicted octanol–water partition coefficient (Wildman–Crippen LogP) is -1.40. The molecule has 1 aromatic carbocycles. The van der Waals surface area contributed by atoms with Gasteiger partial charge in [-0.3, -0.25) is 14.3 Å². The lowest BCUT2D eigenvalue weighted by Crippen LogP contribution is -2.51. The first-order chi connectivity index (χ1) is 11.9. The van der Waals surface area contributed by atoms with Gasteiger partial charge in [0.05, 0.1) is 12.2 Å². The van der Waals surface area contributed by atoms with Gasteiger partial charge >= 0.3 is 5.69 Å².